The summed E-state index contributed by atoms with van der Waals surface area (Å²) < 4.78 is 24.5. The second-order valence-electron chi connectivity index (χ2n) is 4.86. The standard InChI is InChI=1S/C14H19FN2O2.2ClH/c15-10-12(17-5-3-16-4-6-17)11-1-2-13-14(9-11)19-8-7-18-13;;/h1-2,9,12,16H,3-8,10H2;2*1H/t12-;;/m1../s1. The van der Waals surface area contributed by atoms with Crippen LogP contribution in [0.4, 0.5) is 4.39 Å². The van der Waals surface area contributed by atoms with Crippen LogP contribution in [0, 0.1) is 0 Å². The Bertz CT molecular complexity index is 445. The third kappa shape index (κ3) is 4.13. The number of nitrogens with one attached hydrogen (secondary N) is 1. The Kier molecular flexibility index (Phi) is 7.52. The van der Waals surface area contributed by atoms with Gasteiger partial charge in [0.2, 0.25) is 0 Å². The first-order valence-electron chi connectivity index (χ1n) is 6.79. The molecule has 1 fully saturated rings. The van der Waals surface area contributed by atoms with E-state index in [1.54, 1.807) is 0 Å². The molecule has 1 aromatic rings. The minimum Gasteiger partial charge on any atom is -0.486 e. The maximum absolute atomic E-state index is 13.4. The van der Waals surface area contributed by atoms with Gasteiger partial charge in [-0.1, -0.05) is 6.07 Å². The fourth-order valence-electron chi connectivity index (χ4n) is 2.66. The maximum atomic E-state index is 13.4. The van der Waals surface area contributed by atoms with E-state index < -0.39 is 0 Å². The molecule has 0 radical (unpaired) electrons. The fourth-order valence-corrected chi connectivity index (χ4v) is 2.66. The van der Waals surface area contributed by atoms with Gasteiger partial charge in [-0.25, -0.2) is 4.39 Å². The Morgan fingerprint density at radius 1 is 1.10 bits per heavy atom. The Balaban J connectivity index is 0.00000110. The minimum absolute atomic E-state index is 0. The van der Waals surface area contributed by atoms with Crippen LogP contribution in [0.2, 0.25) is 0 Å². The number of ether oxygens (including phenoxy) is 2. The summed E-state index contributed by atoms with van der Waals surface area (Å²) in [6, 6.07) is 5.56. The number of fused-ring (bicyclic) bond motifs is 1. The quantitative estimate of drug-likeness (QED) is 0.916. The highest BCUT2D eigenvalue weighted by Gasteiger charge is 2.23. The SMILES string of the molecule is Cl.Cl.FC[C@H](c1ccc2c(c1)OCCO2)N1CCNCC1. The van der Waals surface area contributed by atoms with Crippen LogP contribution in [0.5, 0.6) is 11.5 Å². The topological polar surface area (TPSA) is 33.7 Å². The lowest BCUT2D eigenvalue weighted by atomic mass is 10.0. The van der Waals surface area contributed by atoms with E-state index in [-0.39, 0.29) is 37.5 Å². The van der Waals surface area contributed by atoms with Gasteiger partial charge in [0.1, 0.15) is 19.9 Å². The highest BCUT2D eigenvalue weighted by molar-refractivity contribution is 5.85. The van der Waals surface area contributed by atoms with Crippen LogP contribution in [0.25, 0.3) is 0 Å². The van der Waals surface area contributed by atoms with Crippen molar-refractivity contribution in [1.82, 2.24) is 10.2 Å². The average molecular weight is 339 g/mol. The van der Waals surface area contributed by atoms with Crippen LogP contribution < -0.4 is 14.8 Å². The molecule has 0 aliphatic carbocycles. The molecule has 1 saturated heterocycles. The van der Waals surface area contributed by atoms with Crippen molar-refractivity contribution in [2.45, 2.75) is 6.04 Å². The summed E-state index contributed by atoms with van der Waals surface area (Å²) in [6.45, 7) is 4.36. The molecule has 1 atom stereocenters. The van der Waals surface area contributed by atoms with Gasteiger partial charge in [-0.2, -0.15) is 0 Å². The summed E-state index contributed by atoms with van der Waals surface area (Å²) in [5, 5.41) is 3.29. The fraction of sp³-hybridized carbons (Fsp3) is 0.571. The van der Waals surface area contributed by atoms with Gasteiger partial charge in [0.05, 0.1) is 6.04 Å². The third-order valence-electron chi connectivity index (χ3n) is 3.69. The molecule has 4 nitrogen and oxygen atoms in total. The molecule has 1 N–H and O–H groups in total. The number of hydrogen-bond acceptors (Lipinski definition) is 4. The molecular formula is C14H21Cl2FN2O2. The lowest BCUT2D eigenvalue weighted by Crippen LogP contribution is -2.45. The molecule has 0 spiro atoms. The molecule has 3 rings (SSSR count). The smallest absolute Gasteiger partial charge is 0.161 e. The monoisotopic (exact) mass is 338 g/mol. The van der Waals surface area contributed by atoms with Crippen molar-refractivity contribution in [2.24, 2.45) is 0 Å². The van der Waals surface area contributed by atoms with Gasteiger partial charge in [0.25, 0.3) is 0 Å². The summed E-state index contributed by atoms with van der Waals surface area (Å²) >= 11 is 0. The van der Waals surface area contributed by atoms with E-state index in [9.17, 15) is 4.39 Å². The molecule has 0 unspecified atom stereocenters. The summed E-state index contributed by atoms with van der Waals surface area (Å²) in [7, 11) is 0. The second kappa shape index (κ2) is 8.63. The molecule has 2 heterocycles. The van der Waals surface area contributed by atoms with Crippen LogP contribution >= 0.6 is 24.8 Å². The van der Waals surface area contributed by atoms with E-state index in [0.717, 1.165) is 43.2 Å². The number of nitrogens with zero attached hydrogens (tertiary/aromatic N) is 1. The van der Waals surface area contributed by atoms with Crippen molar-refractivity contribution in [3.63, 3.8) is 0 Å². The van der Waals surface area contributed by atoms with Crippen molar-refractivity contribution in [1.29, 1.82) is 0 Å². The third-order valence-corrected chi connectivity index (χ3v) is 3.69. The van der Waals surface area contributed by atoms with Crippen LogP contribution in [-0.4, -0.2) is 51.0 Å². The summed E-state index contributed by atoms with van der Waals surface area (Å²) in [4.78, 5) is 2.18. The lowest BCUT2D eigenvalue weighted by Gasteiger charge is -2.34. The zero-order valence-electron chi connectivity index (χ0n) is 11.7. The number of hydrogen-bond donors (Lipinski definition) is 1. The molecule has 21 heavy (non-hydrogen) atoms. The number of piperazine rings is 1. The van der Waals surface area contributed by atoms with Crippen molar-refractivity contribution in [3.05, 3.63) is 23.8 Å². The second-order valence-corrected chi connectivity index (χ2v) is 4.86. The van der Waals surface area contributed by atoms with Gasteiger partial charge >= 0.3 is 0 Å². The number of rotatable bonds is 3. The molecule has 0 amide bonds. The largest absolute Gasteiger partial charge is 0.486 e. The van der Waals surface area contributed by atoms with Gasteiger partial charge in [-0.05, 0) is 17.7 Å². The first-order chi connectivity index (χ1) is 9.38. The molecule has 2 aliphatic heterocycles. The van der Waals surface area contributed by atoms with E-state index >= 15 is 0 Å². The van der Waals surface area contributed by atoms with E-state index in [1.807, 2.05) is 18.2 Å². The van der Waals surface area contributed by atoms with E-state index in [1.165, 1.54) is 0 Å². The average Bonchev–Trinajstić information content (AvgIpc) is 2.49. The van der Waals surface area contributed by atoms with Gasteiger partial charge in [0.15, 0.2) is 11.5 Å². The Morgan fingerprint density at radius 2 is 1.76 bits per heavy atom. The first-order valence-corrected chi connectivity index (χ1v) is 6.79. The highest BCUT2D eigenvalue weighted by Crippen LogP contribution is 2.34. The molecular weight excluding hydrogens is 318 g/mol. The summed E-state index contributed by atoms with van der Waals surface area (Å²) in [5.74, 6) is 1.49. The lowest BCUT2D eigenvalue weighted by molar-refractivity contribution is 0.145. The van der Waals surface area contributed by atoms with E-state index in [0.29, 0.717) is 13.2 Å². The molecule has 7 heteroatoms. The predicted octanol–water partition coefficient (Wildman–Crippen LogP) is 2.22. The first kappa shape index (κ1) is 18.3. The van der Waals surface area contributed by atoms with Crippen LogP contribution in [0.3, 0.4) is 0 Å². The Hall–Kier alpha value is -0.750. The van der Waals surface area contributed by atoms with Crippen LogP contribution in [-0.2, 0) is 0 Å². The van der Waals surface area contributed by atoms with Gasteiger partial charge in [-0.3, -0.25) is 4.90 Å². The van der Waals surface area contributed by atoms with Gasteiger partial charge in [-0.15, -0.1) is 24.8 Å². The van der Waals surface area contributed by atoms with Crippen molar-refractivity contribution in [3.8, 4) is 11.5 Å². The van der Waals surface area contributed by atoms with Crippen molar-refractivity contribution in [2.75, 3.05) is 46.1 Å². The molecule has 0 bridgehead atoms. The Morgan fingerprint density at radius 3 is 2.43 bits per heavy atom. The molecule has 2 aliphatic rings. The van der Waals surface area contributed by atoms with Crippen molar-refractivity contribution < 1.29 is 13.9 Å². The molecule has 120 valence electrons. The van der Waals surface area contributed by atoms with Gasteiger partial charge < -0.3 is 14.8 Å². The van der Waals surface area contributed by atoms with E-state index in [2.05, 4.69) is 10.2 Å². The van der Waals surface area contributed by atoms with E-state index in [4.69, 9.17) is 9.47 Å². The summed E-state index contributed by atoms with van der Waals surface area (Å²) in [6.07, 6.45) is 0. The molecule has 0 aromatic heterocycles. The maximum Gasteiger partial charge on any atom is 0.161 e. The zero-order chi connectivity index (χ0) is 13.1. The normalized spacial score (nSPS) is 19.1. The molecule has 0 saturated carbocycles. The number of halogens is 3. The van der Waals surface area contributed by atoms with Crippen LogP contribution in [0.1, 0.15) is 11.6 Å². The number of alkyl halides is 1. The minimum atomic E-state index is -0.375. The Labute approximate surface area is 136 Å². The van der Waals surface area contributed by atoms with Crippen molar-refractivity contribution >= 4 is 24.8 Å². The zero-order valence-corrected chi connectivity index (χ0v) is 13.4. The molecule has 1 aromatic carbocycles. The summed E-state index contributed by atoms with van der Waals surface area (Å²) in [5.41, 5.74) is 0.966. The predicted molar refractivity (Wildman–Crippen MR) is 85.1 cm³/mol. The van der Waals surface area contributed by atoms with Crippen LogP contribution in [0.15, 0.2) is 18.2 Å². The number of benzene rings is 1. The van der Waals surface area contributed by atoms with Gasteiger partial charge in [0, 0.05) is 26.2 Å². The highest BCUT2D eigenvalue weighted by atomic mass is 35.5.